The number of amides is 1. The van der Waals surface area contributed by atoms with Gasteiger partial charge in [0.2, 0.25) is 11.0 Å². The van der Waals surface area contributed by atoms with Crippen LogP contribution in [0.25, 0.3) is 0 Å². The van der Waals surface area contributed by atoms with E-state index in [1.807, 2.05) is 11.8 Å². The van der Waals surface area contributed by atoms with Crippen molar-refractivity contribution < 1.29 is 4.79 Å². The highest BCUT2D eigenvalue weighted by Gasteiger charge is 2.26. The summed E-state index contributed by atoms with van der Waals surface area (Å²) in [5, 5.41) is 12.2. The van der Waals surface area contributed by atoms with E-state index in [1.165, 1.54) is 23.1 Å². The predicted molar refractivity (Wildman–Crippen MR) is 95.7 cm³/mol. The summed E-state index contributed by atoms with van der Waals surface area (Å²) in [5.41, 5.74) is 0. The molecule has 1 rings (SSSR count). The molecule has 0 aliphatic rings. The van der Waals surface area contributed by atoms with Crippen LogP contribution in [0.15, 0.2) is 4.34 Å². The van der Waals surface area contributed by atoms with Gasteiger partial charge in [0.1, 0.15) is 0 Å². The Balaban J connectivity index is 2.60. The van der Waals surface area contributed by atoms with E-state index in [0.29, 0.717) is 0 Å². The van der Waals surface area contributed by atoms with Crippen LogP contribution in [0, 0.1) is 0 Å². The van der Waals surface area contributed by atoms with E-state index < -0.39 is 0 Å². The van der Waals surface area contributed by atoms with E-state index in [2.05, 4.69) is 50.1 Å². The second-order valence-electron chi connectivity index (χ2n) is 5.85. The van der Waals surface area contributed by atoms with Crippen LogP contribution in [0.4, 0.5) is 5.13 Å². The first-order valence-electron chi connectivity index (χ1n) is 7.93. The molecular weight excluding hydrogens is 316 g/mol. The number of carbonyl (C=O) groups excluding carboxylic acids is 1. The first-order valence-corrected chi connectivity index (χ1v) is 9.62. The molecule has 1 N–H and O–H groups in total. The van der Waals surface area contributed by atoms with Crippen LogP contribution in [-0.4, -0.2) is 44.9 Å². The van der Waals surface area contributed by atoms with Crippen LogP contribution < -0.4 is 5.32 Å². The normalized spacial score (nSPS) is 12.7. The molecule has 1 heterocycles. The fourth-order valence-electron chi connectivity index (χ4n) is 2.22. The number of carbonyl (C=O) groups is 1. The van der Waals surface area contributed by atoms with Crippen molar-refractivity contribution in [3.05, 3.63) is 0 Å². The number of rotatable bonds is 9. The second-order valence-corrected chi connectivity index (χ2v) is 8.41. The van der Waals surface area contributed by atoms with Gasteiger partial charge in [0, 0.05) is 18.6 Å². The molecule has 5 nitrogen and oxygen atoms in total. The Bertz CT molecular complexity index is 454. The molecule has 0 aromatic carbocycles. The number of nitrogens with zero attached hydrogens (tertiary/aromatic N) is 3. The number of hydrogen-bond donors (Lipinski definition) is 1. The van der Waals surface area contributed by atoms with Crippen LogP contribution in [0.3, 0.4) is 0 Å². The second kappa shape index (κ2) is 9.35. The summed E-state index contributed by atoms with van der Waals surface area (Å²) in [6.07, 6.45) is 2.27. The monoisotopic (exact) mass is 344 g/mol. The molecule has 0 saturated heterocycles. The first kappa shape index (κ1) is 19.2. The zero-order chi connectivity index (χ0) is 16.7. The van der Waals surface area contributed by atoms with Crippen molar-refractivity contribution in [3.8, 4) is 0 Å². The van der Waals surface area contributed by atoms with Gasteiger partial charge in [-0.3, -0.25) is 4.79 Å². The Hall–Kier alpha value is -0.820. The largest absolute Gasteiger partial charge is 0.360 e. The Morgan fingerprint density at radius 1 is 1.23 bits per heavy atom. The first-order chi connectivity index (χ1) is 10.4. The number of anilines is 1. The summed E-state index contributed by atoms with van der Waals surface area (Å²) in [6, 6.07) is 0.410. The molecule has 1 amide bonds. The molecule has 0 bridgehead atoms. The van der Waals surface area contributed by atoms with Gasteiger partial charge in [-0.15, -0.1) is 10.2 Å². The minimum Gasteiger partial charge on any atom is -0.360 e. The van der Waals surface area contributed by atoms with Crippen molar-refractivity contribution in [1.82, 2.24) is 15.1 Å². The molecule has 0 aliphatic carbocycles. The minimum absolute atomic E-state index is 0.152. The Labute approximate surface area is 142 Å². The van der Waals surface area contributed by atoms with Gasteiger partial charge in [0.25, 0.3) is 0 Å². The average Bonchev–Trinajstić information content (AvgIpc) is 2.85. The standard InChI is InChI=1S/C15H28N4OS2/c1-7-8-9-16-14-17-18-15(22-14)21-12(6)13(20)19(10(2)3)11(4)5/h10-12H,7-9H2,1-6H3,(H,16,17). The highest BCUT2D eigenvalue weighted by Crippen LogP contribution is 2.30. The number of unbranched alkanes of at least 4 members (excludes halogenated alkanes) is 1. The summed E-state index contributed by atoms with van der Waals surface area (Å²) in [4.78, 5) is 14.5. The third-order valence-electron chi connectivity index (χ3n) is 3.21. The summed E-state index contributed by atoms with van der Waals surface area (Å²) in [7, 11) is 0. The van der Waals surface area contributed by atoms with Gasteiger partial charge < -0.3 is 10.2 Å². The molecule has 0 radical (unpaired) electrons. The third kappa shape index (κ3) is 5.76. The summed E-state index contributed by atoms with van der Waals surface area (Å²) in [5.74, 6) is 0.158. The SMILES string of the molecule is CCCCNc1nnc(SC(C)C(=O)N(C(C)C)C(C)C)s1. The fourth-order valence-corrected chi connectivity index (χ4v) is 4.20. The van der Waals surface area contributed by atoms with Gasteiger partial charge >= 0.3 is 0 Å². The fraction of sp³-hybridized carbons (Fsp3) is 0.800. The zero-order valence-corrected chi connectivity index (χ0v) is 16.1. The van der Waals surface area contributed by atoms with E-state index in [-0.39, 0.29) is 23.2 Å². The zero-order valence-electron chi connectivity index (χ0n) is 14.4. The van der Waals surface area contributed by atoms with Crippen LogP contribution >= 0.6 is 23.1 Å². The number of thioether (sulfide) groups is 1. The van der Waals surface area contributed by atoms with E-state index in [1.54, 1.807) is 0 Å². The van der Waals surface area contributed by atoms with Crippen molar-refractivity contribution >= 4 is 34.1 Å². The van der Waals surface area contributed by atoms with Gasteiger partial charge in [-0.2, -0.15) is 0 Å². The maximum Gasteiger partial charge on any atom is 0.236 e. The van der Waals surface area contributed by atoms with Crippen molar-refractivity contribution in [2.24, 2.45) is 0 Å². The molecule has 0 fully saturated rings. The lowest BCUT2D eigenvalue weighted by atomic mass is 10.2. The van der Waals surface area contributed by atoms with Crippen molar-refractivity contribution in [2.75, 3.05) is 11.9 Å². The predicted octanol–water partition coefficient (Wildman–Crippen LogP) is 3.88. The van der Waals surface area contributed by atoms with Gasteiger partial charge in [-0.1, -0.05) is 36.4 Å². The number of nitrogens with one attached hydrogen (secondary N) is 1. The Morgan fingerprint density at radius 2 is 1.86 bits per heavy atom. The van der Waals surface area contributed by atoms with Crippen molar-refractivity contribution in [3.63, 3.8) is 0 Å². The smallest absolute Gasteiger partial charge is 0.236 e. The lowest BCUT2D eigenvalue weighted by molar-refractivity contribution is -0.133. The van der Waals surface area contributed by atoms with E-state index >= 15 is 0 Å². The molecule has 1 aromatic rings. The third-order valence-corrected chi connectivity index (χ3v) is 5.26. The highest BCUT2D eigenvalue weighted by molar-refractivity contribution is 8.02. The summed E-state index contributed by atoms with van der Waals surface area (Å²) < 4.78 is 0.840. The molecule has 22 heavy (non-hydrogen) atoms. The molecule has 7 heteroatoms. The molecule has 1 unspecified atom stereocenters. The molecule has 126 valence electrons. The molecule has 0 spiro atoms. The number of aromatic nitrogens is 2. The summed E-state index contributed by atoms with van der Waals surface area (Å²) in [6.45, 7) is 13.2. The topological polar surface area (TPSA) is 58.1 Å². The molecular formula is C15H28N4OS2. The maximum absolute atomic E-state index is 12.6. The maximum atomic E-state index is 12.6. The van der Waals surface area contributed by atoms with Crippen LogP contribution in [-0.2, 0) is 4.79 Å². The highest BCUT2D eigenvalue weighted by atomic mass is 32.2. The minimum atomic E-state index is -0.152. The van der Waals surface area contributed by atoms with E-state index in [4.69, 9.17) is 0 Å². The lowest BCUT2D eigenvalue weighted by Gasteiger charge is -2.32. The Kier molecular flexibility index (Phi) is 8.17. The van der Waals surface area contributed by atoms with Gasteiger partial charge in [-0.05, 0) is 41.0 Å². The van der Waals surface area contributed by atoms with Crippen molar-refractivity contribution in [2.45, 2.75) is 76.1 Å². The van der Waals surface area contributed by atoms with Crippen LogP contribution in [0.2, 0.25) is 0 Å². The van der Waals surface area contributed by atoms with Crippen LogP contribution in [0.1, 0.15) is 54.4 Å². The summed E-state index contributed by atoms with van der Waals surface area (Å²) >= 11 is 3.01. The molecule has 0 saturated carbocycles. The number of hydrogen-bond acceptors (Lipinski definition) is 6. The van der Waals surface area contributed by atoms with E-state index in [9.17, 15) is 4.79 Å². The van der Waals surface area contributed by atoms with Crippen LogP contribution in [0.5, 0.6) is 0 Å². The van der Waals surface area contributed by atoms with Gasteiger partial charge in [-0.25, -0.2) is 0 Å². The Morgan fingerprint density at radius 3 is 2.41 bits per heavy atom. The average molecular weight is 345 g/mol. The molecule has 0 aliphatic heterocycles. The van der Waals surface area contributed by atoms with Gasteiger partial charge in [0.05, 0.1) is 5.25 Å². The lowest BCUT2D eigenvalue weighted by Crippen LogP contribution is -2.45. The van der Waals surface area contributed by atoms with Gasteiger partial charge in [0.15, 0.2) is 4.34 Å². The molecule has 1 atom stereocenters. The quantitative estimate of drug-likeness (QED) is 0.544. The van der Waals surface area contributed by atoms with E-state index in [0.717, 1.165) is 28.9 Å². The van der Waals surface area contributed by atoms with Crippen molar-refractivity contribution in [1.29, 1.82) is 0 Å². The molecule has 1 aromatic heterocycles.